The highest BCUT2D eigenvalue weighted by Gasteiger charge is 2.31. The summed E-state index contributed by atoms with van der Waals surface area (Å²) in [4.78, 5) is 16.1. The first kappa shape index (κ1) is 13.3. The number of aryl methyl sites for hydroxylation is 1. The van der Waals surface area contributed by atoms with E-state index >= 15 is 0 Å². The molecule has 2 aromatic rings. The smallest absolute Gasteiger partial charge is 0.289 e. The molecular weight excluding hydrogens is 255 g/mol. The quantitative estimate of drug-likeness (QED) is 0.776. The fourth-order valence-corrected chi connectivity index (χ4v) is 1.72. The number of pyridine rings is 1. The molecule has 19 heavy (non-hydrogen) atoms. The molecule has 0 radical (unpaired) electrons. The molecule has 0 unspecified atom stereocenters. The van der Waals surface area contributed by atoms with Crippen LogP contribution in [0, 0.1) is 6.92 Å². The zero-order valence-corrected chi connectivity index (χ0v) is 10.0. The normalized spacial score (nSPS) is 11.4. The van der Waals surface area contributed by atoms with Gasteiger partial charge in [-0.15, -0.1) is 0 Å². The molecule has 0 N–H and O–H groups in total. The van der Waals surface area contributed by atoms with Gasteiger partial charge in [0.05, 0.1) is 5.56 Å². The van der Waals surface area contributed by atoms with E-state index in [1.54, 1.807) is 19.1 Å². The van der Waals surface area contributed by atoms with Crippen molar-refractivity contribution in [1.82, 2.24) is 4.98 Å². The number of halogens is 3. The monoisotopic (exact) mass is 265 g/mol. The molecule has 0 spiro atoms. The van der Waals surface area contributed by atoms with Crippen LogP contribution in [0.3, 0.4) is 0 Å². The van der Waals surface area contributed by atoms with Gasteiger partial charge in [0.2, 0.25) is 0 Å². The van der Waals surface area contributed by atoms with E-state index in [1.807, 2.05) is 0 Å². The van der Waals surface area contributed by atoms with Crippen LogP contribution in [-0.4, -0.2) is 10.8 Å². The Morgan fingerprint density at radius 3 is 2.53 bits per heavy atom. The van der Waals surface area contributed by atoms with Crippen LogP contribution in [0.2, 0.25) is 0 Å². The first-order chi connectivity index (χ1) is 8.89. The second kappa shape index (κ2) is 4.84. The lowest BCUT2D eigenvalue weighted by atomic mass is 10.0. The van der Waals surface area contributed by atoms with E-state index in [4.69, 9.17) is 0 Å². The average molecular weight is 265 g/mol. The van der Waals surface area contributed by atoms with Crippen LogP contribution >= 0.6 is 0 Å². The summed E-state index contributed by atoms with van der Waals surface area (Å²) in [7, 11) is 0. The molecule has 0 aliphatic heterocycles. The van der Waals surface area contributed by atoms with Gasteiger partial charge >= 0.3 is 6.18 Å². The molecule has 1 aromatic heterocycles. The van der Waals surface area contributed by atoms with Crippen LogP contribution < -0.4 is 0 Å². The Morgan fingerprint density at radius 1 is 1.16 bits per heavy atom. The van der Waals surface area contributed by atoms with Crippen molar-refractivity contribution in [2.24, 2.45) is 0 Å². The van der Waals surface area contributed by atoms with E-state index in [0.717, 1.165) is 12.1 Å². The maximum Gasteiger partial charge on any atom is 0.416 e. The lowest BCUT2D eigenvalue weighted by molar-refractivity contribution is -0.137. The number of hydrogen-bond donors (Lipinski definition) is 0. The van der Waals surface area contributed by atoms with Crippen molar-refractivity contribution in [1.29, 1.82) is 0 Å². The molecule has 0 amide bonds. The van der Waals surface area contributed by atoms with Gasteiger partial charge in [-0.2, -0.15) is 13.2 Å². The summed E-state index contributed by atoms with van der Waals surface area (Å²) >= 11 is 0. The highest BCUT2D eigenvalue weighted by Crippen LogP contribution is 2.30. The van der Waals surface area contributed by atoms with E-state index < -0.39 is 17.5 Å². The van der Waals surface area contributed by atoms with Gasteiger partial charge in [-0.25, -0.2) is 0 Å². The number of benzene rings is 1. The number of ketones is 1. The molecule has 0 bridgehead atoms. The van der Waals surface area contributed by atoms with Crippen molar-refractivity contribution >= 4 is 5.78 Å². The lowest BCUT2D eigenvalue weighted by Gasteiger charge is -2.09. The van der Waals surface area contributed by atoms with Crippen LogP contribution in [0.25, 0.3) is 0 Å². The first-order valence-electron chi connectivity index (χ1n) is 5.53. The molecular formula is C14H10F3NO. The van der Waals surface area contributed by atoms with Crippen LogP contribution in [0.15, 0.2) is 42.6 Å². The van der Waals surface area contributed by atoms with Crippen molar-refractivity contribution in [2.75, 3.05) is 0 Å². The van der Waals surface area contributed by atoms with Crippen molar-refractivity contribution in [2.45, 2.75) is 13.1 Å². The summed E-state index contributed by atoms with van der Waals surface area (Å²) in [5.41, 5.74) is -0.0300. The SMILES string of the molecule is Cc1ncccc1C(=O)c1cccc(C(F)(F)F)c1. The van der Waals surface area contributed by atoms with E-state index in [-0.39, 0.29) is 5.56 Å². The van der Waals surface area contributed by atoms with Crippen LogP contribution in [0.5, 0.6) is 0 Å². The minimum atomic E-state index is -4.46. The van der Waals surface area contributed by atoms with Crippen molar-refractivity contribution in [3.8, 4) is 0 Å². The van der Waals surface area contributed by atoms with E-state index in [2.05, 4.69) is 4.98 Å². The lowest BCUT2D eigenvalue weighted by Crippen LogP contribution is -2.09. The Balaban J connectivity index is 2.43. The van der Waals surface area contributed by atoms with Gasteiger partial charge in [-0.3, -0.25) is 9.78 Å². The van der Waals surface area contributed by atoms with E-state index in [0.29, 0.717) is 11.3 Å². The largest absolute Gasteiger partial charge is 0.416 e. The Bertz CT molecular complexity index is 620. The highest BCUT2D eigenvalue weighted by molar-refractivity contribution is 6.09. The number of rotatable bonds is 2. The molecule has 0 aliphatic carbocycles. The van der Waals surface area contributed by atoms with E-state index in [1.165, 1.54) is 18.3 Å². The fraction of sp³-hybridized carbons (Fsp3) is 0.143. The van der Waals surface area contributed by atoms with Gasteiger partial charge < -0.3 is 0 Å². The van der Waals surface area contributed by atoms with Gasteiger partial charge in [0.1, 0.15) is 0 Å². The third-order valence-electron chi connectivity index (χ3n) is 2.70. The number of carbonyl (C=O) groups excluding carboxylic acids is 1. The minimum absolute atomic E-state index is 0.00549. The Morgan fingerprint density at radius 2 is 1.89 bits per heavy atom. The summed E-state index contributed by atoms with van der Waals surface area (Å²) in [5.74, 6) is -0.461. The van der Waals surface area contributed by atoms with Crippen LogP contribution in [-0.2, 0) is 6.18 Å². The zero-order valence-electron chi connectivity index (χ0n) is 10.0. The molecule has 2 rings (SSSR count). The molecule has 98 valence electrons. The molecule has 2 nitrogen and oxygen atoms in total. The second-order valence-corrected chi connectivity index (χ2v) is 4.04. The van der Waals surface area contributed by atoms with Crippen molar-refractivity contribution < 1.29 is 18.0 Å². The average Bonchev–Trinajstić information content (AvgIpc) is 2.38. The Kier molecular flexibility index (Phi) is 3.38. The minimum Gasteiger partial charge on any atom is -0.289 e. The molecule has 1 aromatic carbocycles. The van der Waals surface area contributed by atoms with Gasteiger partial charge in [-0.1, -0.05) is 12.1 Å². The topological polar surface area (TPSA) is 30.0 Å². The Hall–Kier alpha value is -2.17. The third kappa shape index (κ3) is 2.81. The summed E-state index contributed by atoms with van der Waals surface area (Å²) in [6.45, 7) is 1.64. The van der Waals surface area contributed by atoms with E-state index in [9.17, 15) is 18.0 Å². The second-order valence-electron chi connectivity index (χ2n) is 4.04. The maximum atomic E-state index is 12.6. The number of aromatic nitrogens is 1. The third-order valence-corrected chi connectivity index (χ3v) is 2.70. The van der Waals surface area contributed by atoms with Gasteiger partial charge in [-0.05, 0) is 31.2 Å². The predicted molar refractivity (Wildman–Crippen MR) is 63.9 cm³/mol. The fourth-order valence-electron chi connectivity index (χ4n) is 1.72. The number of alkyl halides is 3. The highest BCUT2D eigenvalue weighted by atomic mass is 19.4. The summed E-state index contributed by atoms with van der Waals surface area (Å²) in [6, 6.07) is 7.51. The van der Waals surface area contributed by atoms with Crippen LogP contribution in [0.4, 0.5) is 13.2 Å². The molecule has 5 heteroatoms. The molecule has 0 aliphatic rings. The summed E-state index contributed by atoms with van der Waals surface area (Å²) < 4.78 is 37.8. The Labute approximate surface area is 107 Å². The number of carbonyl (C=O) groups is 1. The van der Waals surface area contributed by atoms with Crippen molar-refractivity contribution in [3.63, 3.8) is 0 Å². The molecule has 0 atom stereocenters. The molecule has 0 saturated heterocycles. The van der Waals surface area contributed by atoms with Crippen molar-refractivity contribution in [3.05, 3.63) is 65.0 Å². The maximum absolute atomic E-state index is 12.6. The van der Waals surface area contributed by atoms with Gasteiger partial charge in [0, 0.05) is 23.0 Å². The number of hydrogen-bond acceptors (Lipinski definition) is 2. The van der Waals surface area contributed by atoms with Crippen LogP contribution in [0.1, 0.15) is 27.2 Å². The molecule has 1 heterocycles. The van der Waals surface area contributed by atoms with Gasteiger partial charge in [0.15, 0.2) is 5.78 Å². The summed E-state index contributed by atoms with van der Waals surface area (Å²) in [5, 5.41) is 0. The first-order valence-corrected chi connectivity index (χ1v) is 5.53. The zero-order chi connectivity index (χ0) is 14.0. The molecule has 0 fully saturated rings. The predicted octanol–water partition coefficient (Wildman–Crippen LogP) is 3.64. The standard InChI is InChI=1S/C14H10F3NO/c1-9-12(6-3-7-18-9)13(19)10-4-2-5-11(8-10)14(15,16)17/h2-8H,1H3. The molecule has 0 saturated carbocycles. The summed E-state index contributed by atoms with van der Waals surface area (Å²) in [6.07, 6.45) is -2.93. The van der Waals surface area contributed by atoms with Gasteiger partial charge in [0.25, 0.3) is 0 Å². The number of nitrogens with zero attached hydrogens (tertiary/aromatic N) is 1.